The molecule has 0 aliphatic heterocycles. The van der Waals surface area contributed by atoms with E-state index < -0.39 is 5.97 Å². The van der Waals surface area contributed by atoms with Crippen LogP contribution in [-0.4, -0.2) is 18.5 Å². The van der Waals surface area contributed by atoms with Crippen molar-refractivity contribution in [3.8, 4) is 0 Å². The number of fused-ring (bicyclic) bond motifs is 1. The van der Waals surface area contributed by atoms with Gasteiger partial charge in [-0.25, -0.2) is 4.79 Å². The lowest BCUT2D eigenvalue weighted by atomic mass is 9.87. The summed E-state index contributed by atoms with van der Waals surface area (Å²) < 4.78 is 6.26. The Bertz CT molecular complexity index is 1140. The summed E-state index contributed by atoms with van der Waals surface area (Å²) in [6.45, 7) is 8.52. The third kappa shape index (κ3) is 4.48. The summed E-state index contributed by atoms with van der Waals surface area (Å²) in [4.78, 5) is 25.7. The average molecular weight is 456 g/mol. The molecule has 0 radical (unpaired) electrons. The van der Waals surface area contributed by atoms with Crippen LogP contribution in [0.1, 0.15) is 61.5 Å². The first-order valence-electron chi connectivity index (χ1n) is 10.5. The van der Waals surface area contributed by atoms with E-state index in [1.807, 2.05) is 36.4 Å². The molecule has 3 aromatic rings. The van der Waals surface area contributed by atoms with E-state index in [9.17, 15) is 9.59 Å². The maximum absolute atomic E-state index is 13.0. The summed E-state index contributed by atoms with van der Waals surface area (Å²) in [5, 5.41) is 5.09. The van der Waals surface area contributed by atoms with Crippen molar-refractivity contribution in [1.82, 2.24) is 0 Å². The van der Waals surface area contributed by atoms with Gasteiger partial charge in [-0.15, -0.1) is 11.3 Å². The Hall–Kier alpha value is -2.37. The molecule has 4 rings (SSSR count). The van der Waals surface area contributed by atoms with Gasteiger partial charge in [0.05, 0.1) is 6.61 Å². The Kier molecular flexibility index (Phi) is 5.84. The number of ether oxygens (including phenoxy) is 1. The molecule has 1 amide bonds. The number of carbonyl (C=O) groups excluding carboxylic acids is 2. The highest BCUT2D eigenvalue weighted by Gasteiger charge is 2.44. The van der Waals surface area contributed by atoms with Crippen LogP contribution < -0.4 is 5.32 Å². The number of hydrogen-bond donors (Lipinski definition) is 1. The van der Waals surface area contributed by atoms with Crippen molar-refractivity contribution >= 4 is 49.9 Å². The Labute approximate surface area is 191 Å². The maximum atomic E-state index is 13.0. The Morgan fingerprint density at radius 3 is 2.52 bits per heavy atom. The molecule has 0 saturated heterocycles. The summed E-state index contributed by atoms with van der Waals surface area (Å²) >= 11 is 7.40. The average Bonchev–Trinajstić information content (AvgIpc) is 3.42. The second-order valence-electron chi connectivity index (χ2n) is 8.98. The molecule has 1 aliphatic carbocycles. The molecule has 1 N–H and O–H groups in total. The van der Waals surface area contributed by atoms with Crippen molar-refractivity contribution in [1.29, 1.82) is 0 Å². The Morgan fingerprint density at radius 2 is 1.87 bits per heavy atom. The van der Waals surface area contributed by atoms with Gasteiger partial charge >= 0.3 is 5.97 Å². The summed E-state index contributed by atoms with van der Waals surface area (Å²) in [5.41, 5.74) is 2.73. The number of carbonyl (C=O) groups is 2. The molecular weight excluding hydrogens is 430 g/mol. The summed E-state index contributed by atoms with van der Waals surface area (Å²) in [7, 11) is 0. The SMILES string of the molecule is CCOC(=O)c1c(NC(=O)[C@H]2C[C@H]2c2ccc(Cl)cc2)sc2cc(C(C)(C)C)ccc12. The first-order chi connectivity index (χ1) is 14.7. The van der Waals surface area contributed by atoms with Crippen LogP contribution in [0.3, 0.4) is 0 Å². The molecule has 0 unspecified atom stereocenters. The van der Waals surface area contributed by atoms with Crippen LogP contribution in [0, 0.1) is 5.92 Å². The van der Waals surface area contributed by atoms with Crippen molar-refractivity contribution < 1.29 is 14.3 Å². The number of esters is 1. The zero-order valence-electron chi connectivity index (χ0n) is 18.1. The second kappa shape index (κ2) is 8.29. The smallest absolute Gasteiger partial charge is 0.341 e. The highest BCUT2D eigenvalue weighted by Crippen LogP contribution is 2.49. The van der Waals surface area contributed by atoms with E-state index in [2.05, 4.69) is 32.2 Å². The molecule has 2 atom stereocenters. The van der Waals surface area contributed by atoms with E-state index in [0.29, 0.717) is 15.6 Å². The van der Waals surface area contributed by atoms with E-state index in [4.69, 9.17) is 16.3 Å². The van der Waals surface area contributed by atoms with Gasteiger partial charge in [-0.3, -0.25) is 4.79 Å². The molecule has 1 saturated carbocycles. The van der Waals surface area contributed by atoms with Crippen LogP contribution in [0.4, 0.5) is 5.00 Å². The highest BCUT2D eigenvalue weighted by molar-refractivity contribution is 7.23. The topological polar surface area (TPSA) is 55.4 Å². The van der Waals surface area contributed by atoms with Crippen LogP contribution >= 0.6 is 22.9 Å². The van der Waals surface area contributed by atoms with Crippen LogP contribution in [0.15, 0.2) is 42.5 Å². The first kappa shape index (κ1) is 21.8. The Morgan fingerprint density at radius 1 is 1.16 bits per heavy atom. The van der Waals surface area contributed by atoms with E-state index in [1.165, 1.54) is 16.9 Å². The van der Waals surface area contributed by atoms with Crippen molar-refractivity contribution in [2.75, 3.05) is 11.9 Å². The predicted molar refractivity (Wildman–Crippen MR) is 127 cm³/mol. The molecule has 6 heteroatoms. The summed E-state index contributed by atoms with van der Waals surface area (Å²) in [6.07, 6.45) is 0.793. The van der Waals surface area contributed by atoms with Gasteiger partial charge in [0, 0.05) is 21.0 Å². The van der Waals surface area contributed by atoms with E-state index in [0.717, 1.165) is 22.1 Å². The minimum absolute atomic E-state index is 0.00844. The van der Waals surface area contributed by atoms with Crippen LogP contribution in [0.5, 0.6) is 0 Å². The minimum Gasteiger partial charge on any atom is -0.462 e. The van der Waals surface area contributed by atoms with Gasteiger partial charge in [0.2, 0.25) is 5.91 Å². The standard InChI is InChI=1S/C25H26ClNO3S/c1-5-30-24(29)21-17-11-8-15(25(2,3)4)12-20(17)31-23(21)27-22(28)19-13-18(19)14-6-9-16(26)10-7-14/h6-12,18-19H,5,13H2,1-4H3,(H,27,28)/t18-,19-/m0/s1. The van der Waals surface area contributed by atoms with Crippen LogP contribution in [-0.2, 0) is 14.9 Å². The van der Waals surface area contributed by atoms with Gasteiger partial charge in [0.25, 0.3) is 0 Å². The van der Waals surface area contributed by atoms with Gasteiger partial charge < -0.3 is 10.1 Å². The molecule has 1 fully saturated rings. The normalized spacial score (nSPS) is 18.1. The molecule has 0 spiro atoms. The number of rotatable bonds is 5. The van der Waals surface area contributed by atoms with Gasteiger partial charge in [0.15, 0.2) is 0 Å². The summed E-state index contributed by atoms with van der Waals surface area (Å²) in [5.74, 6) is -0.387. The predicted octanol–water partition coefficient (Wildman–Crippen LogP) is 6.77. The van der Waals surface area contributed by atoms with Gasteiger partial charge in [-0.2, -0.15) is 0 Å². The number of thiophene rings is 1. The van der Waals surface area contributed by atoms with Crippen LogP contribution in [0.25, 0.3) is 10.1 Å². The summed E-state index contributed by atoms with van der Waals surface area (Å²) in [6, 6.07) is 13.7. The molecule has 2 aromatic carbocycles. The Balaban J connectivity index is 1.62. The molecule has 1 heterocycles. The molecule has 4 nitrogen and oxygen atoms in total. The van der Waals surface area contributed by atoms with Crippen molar-refractivity contribution in [2.45, 2.75) is 45.4 Å². The quantitative estimate of drug-likeness (QED) is 0.432. The lowest BCUT2D eigenvalue weighted by molar-refractivity contribution is -0.117. The maximum Gasteiger partial charge on any atom is 0.341 e. The number of benzene rings is 2. The number of nitrogens with one attached hydrogen (secondary N) is 1. The third-order valence-corrected chi connectivity index (χ3v) is 7.02. The zero-order chi connectivity index (χ0) is 22.3. The molecule has 1 aromatic heterocycles. The molecule has 162 valence electrons. The highest BCUT2D eigenvalue weighted by atomic mass is 35.5. The number of halogens is 1. The number of anilines is 1. The third-order valence-electron chi connectivity index (χ3n) is 5.70. The number of hydrogen-bond acceptors (Lipinski definition) is 4. The fourth-order valence-electron chi connectivity index (χ4n) is 3.82. The second-order valence-corrected chi connectivity index (χ2v) is 10.5. The van der Waals surface area contributed by atoms with Crippen molar-refractivity contribution in [3.63, 3.8) is 0 Å². The zero-order valence-corrected chi connectivity index (χ0v) is 19.7. The number of amides is 1. The lowest BCUT2D eigenvalue weighted by Crippen LogP contribution is -2.16. The van der Waals surface area contributed by atoms with E-state index in [1.54, 1.807) is 6.92 Å². The van der Waals surface area contributed by atoms with E-state index >= 15 is 0 Å². The molecular formula is C25H26ClNO3S. The van der Waals surface area contributed by atoms with E-state index in [-0.39, 0.29) is 29.8 Å². The van der Waals surface area contributed by atoms with Crippen molar-refractivity contribution in [2.24, 2.45) is 5.92 Å². The van der Waals surface area contributed by atoms with Gasteiger partial charge in [-0.1, -0.05) is 56.6 Å². The first-order valence-corrected chi connectivity index (χ1v) is 11.7. The fourth-order valence-corrected chi connectivity index (χ4v) is 5.08. The molecule has 0 bridgehead atoms. The monoisotopic (exact) mass is 455 g/mol. The van der Waals surface area contributed by atoms with Crippen molar-refractivity contribution in [3.05, 3.63) is 64.2 Å². The van der Waals surface area contributed by atoms with Gasteiger partial charge in [0.1, 0.15) is 10.6 Å². The molecule has 31 heavy (non-hydrogen) atoms. The fraction of sp³-hybridized carbons (Fsp3) is 0.360. The van der Waals surface area contributed by atoms with Crippen LogP contribution in [0.2, 0.25) is 5.02 Å². The lowest BCUT2D eigenvalue weighted by Gasteiger charge is -2.18. The van der Waals surface area contributed by atoms with Gasteiger partial charge in [-0.05, 0) is 54.0 Å². The largest absolute Gasteiger partial charge is 0.462 e. The minimum atomic E-state index is -0.405. The molecule has 1 aliphatic rings.